The van der Waals surface area contributed by atoms with E-state index in [2.05, 4.69) is 11.1 Å². The summed E-state index contributed by atoms with van der Waals surface area (Å²) in [5.41, 5.74) is 3.29. The van der Waals surface area contributed by atoms with Crippen LogP contribution < -0.4 is 4.74 Å². The topological polar surface area (TPSA) is 25.0 Å². The van der Waals surface area contributed by atoms with Gasteiger partial charge in [0.2, 0.25) is 0 Å². The minimum absolute atomic E-state index is 0.753. The van der Waals surface area contributed by atoms with Crippen LogP contribution in [0, 0.1) is 0 Å². The first kappa shape index (κ1) is 11.2. The van der Waals surface area contributed by atoms with E-state index in [0.29, 0.717) is 0 Å². The highest BCUT2D eigenvalue weighted by atomic mass is 35.5. The van der Waals surface area contributed by atoms with Gasteiger partial charge in [0.1, 0.15) is 5.75 Å². The SMILES string of the molecule is COc1ccc(-c2cc3cc(Cl)ccc3[nH]2)cc1. The van der Waals surface area contributed by atoms with Gasteiger partial charge in [0.15, 0.2) is 0 Å². The molecule has 0 saturated carbocycles. The number of nitrogens with one attached hydrogen (secondary N) is 1. The molecular formula is C15H12ClNO. The summed E-state index contributed by atoms with van der Waals surface area (Å²) in [6, 6.07) is 15.9. The molecule has 3 rings (SSSR count). The van der Waals surface area contributed by atoms with Gasteiger partial charge in [-0.3, -0.25) is 0 Å². The highest BCUT2D eigenvalue weighted by Gasteiger charge is 2.04. The van der Waals surface area contributed by atoms with Gasteiger partial charge in [-0.05, 0) is 54.1 Å². The van der Waals surface area contributed by atoms with E-state index in [0.717, 1.165) is 32.9 Å². The maximum Gasteiger partial charge on any atom is 0.118 e. The lowest BCUT2D eigenvalue weighted by Gasteiger charge is -2.01. The van der Waals surface area contributed by atoms with Gasteiger partial charge >= 0.3 is 0 Å². The second-order valence-corrected chi connectivity index (χ2v) is 4.58. The zero-order valence-electron chi connectivity index (χ0n) is 9.91. The number of benzene rings is 2. The second kappa shape index (κ2) is 4.39. The molecule has 0 atom stereocenters. The Balaban J connectivity index is 2.07. The lowest BCUT2D eigenvalue weighted by Crippen LogP contribution is -1.82. The lowest BCUT2D eigenvalue weighted by atomic mass is 10.1. The monoisotopic (exact) mass is 257 g/mol. The van der Waals surface area contributed by atoms with Crippen LogP contribution in [0.5, 0.6) is 5.75 Å². The van der Waals surface area contributed by atoms with Crippen LogP contribution in [0.3, 0.4) is 0 Å². The van der Waals surface area contributed by atoms with Crippen molar-refractivity contribution in [3.8, 4) is 17.0 Å². The molecule has 0 radical (unpaired) electrons. The molecule has 0 saturated heterocycles. The fraction of sp³-hybridized carbons (Fsp3) is 0.0667. The van der Waals surface area contributed by atoms with E-state index >= 15 is 0 Å². The van der Waals surface area contributed by atoms with Gasteiger partial charge in [0.05, 0.1) is 7.11 Å². The summed E-state index contributed by atoms with van der Waals surface area (Å²) >= 11 is 5.98. The molecule has 0 aliphatic rings. The van der Waals surface area contributed by atoms with Crippen LogP contribution in [0.4, 0.5) is 0 Å². The molecule has 3 aromatic rings. The van der Waals surface area contributed by atoms with Crippen molar-refractivity contribution in [1.29, 1.82) is 0 Å². The molecule has 3 heteroatoms. The lowest BCUT2D eigenvalue weighted by molar-refractivity contribution is 0.415. The number of hydrogen-bond acceptors (Lipinski definition) is 1. The smallest absolute Gasteiger partial charge is 0.118 e. The van der Waals surface area contributed by atoms with Crippen LogP contribution in [-0.4, -0.2) is 12.1 Å². The zero-order valence-corrected chi connectivity index (χ0v) is 10.7. The number of aromatic nitrogens is 1. The van der Waals surface area contributed by atoms with Crippen molar-refractivity contribution in [3.05, 3.63) is 53.6 Å². The fourth-order valence-electron chi connectivity index (χ4n) is 2.03. The van der Waals surface area contributed by atoms with Crippen LogP contribution in [-0.2, 0) is 0 Å². The summed E-state index contributed by atoms with van der Waals surface area (Å²) in [5.74, 6) is 0.859. The number of methoxy groups -OCH3 is 1. The van der Waals surface area contributed by atoms with E-state index in [9.17, 15) is 0 Å². The van der Waals surface area contributed by atoms with Gasteiger partial charge in [-0.1, -0.05) is 11.6 Å². The Morgan fingerprint density at radius 2 is 1.78 bits per heavy atom. The van der Waals surface area contributed by atoms with Crippen molar-refractivity contribution in [2.24, 2.45) is 0 Å². The molecule has 2 nitrogen and oxygen atoms in total. The summed E-state index contributed by atoms with van der Waals surface area (Å²) in [6.45, 7) is 0. The Kier molecular flexibility index (Phi) is 2.73. The number of hydrogen-bond donors (Lipinski definition) is 1. The molecule has 2 aromatic carbocycles. The molecule has 1 aromatic heterocycles. The summed E-state index contributed by atoms with van der Waals surface area (Å²) in [5, 5.41) is 1.87. The molecule has 0 aliphatic carbocycles. The molecule has 90 valence electrons. The van der Waals surface area contributed by atoms with Gasteiger partial charge < -0.3 is 9.72 Å². The average molecular weight is 258 g/mol. The quantitative estimate of drug-likeness (QED) is 0.719. The second-order valence-electron chi connectivity index (χ2n) is 4.14. The van der Waals surface area contributed by atoms with Crippen molar-refractivity contribution in [2.45, 2.75) is 0 Å². The predicted octanol–water partition coefficient (Wildman–Crippen LogP) is 4.50. The van der Waals surface area contributed by atoms with E-state index in [1.54, 1.807) is 7.11 Å². The van der Waals surface area contributed by atoms with E-state index < -0.39 is 0 Å². The van der Waals surface area contributed by atoms with E-state index in [-0.39, 0.29) is 0 Å². The molecule has 0 fully saturated rings. The summed E-state index contributed by atoms with van der Waals surface area (Å²) in [4.78, 5) is 3.38. The largest absolute Gasteiger partial charge is 0.497 e. The van der Waals surface area contributed by atoms with E-state index in [1.807, 2.05) is 42.5 Å². The maximum absolute atomic E-state index is 5.98. The van der Waals surface area contributed by atoms with Crippen molar-refractivity contribution in [2.75, 3.05) is 7.11 Å². The molecule has 0 aliphatic heterocycles. The normalized spacial score (nSPS) is 10.8. The van der Waals surface area contributed by atoms with E-state index in [1.165, 1.54) is 0 Å². The number of halogens is 1. The first-order valence-electron chi connectivity index (χ1n) is 5.69. The first-order chi connectivity index (χ1) is 8.76. The maximum atomic E-state index is 5.98. The number of aromatic amines is 1. The van der Waals surface area contributed by atoms with Gasteiger partial charge in [0, 0.05) is 21.6 Å². The highest BCUT2D eigenvalue weighted by Crippen LogP contribution is 2.27. The average Bonchev–Trinajstić information content (AvgIpc) is 2.81. The van der Waals surface area contributed by atoms with Gasteiger partial charge in [-0.25, -0.2) is 0 Å². The highest BCUT2D eigenvalue weighted by molar-refractivity contribution is 6.31. The minimum Gasteiger partial charge on any atom is -0.497 e. The Hall–Kier alpha value is -1.93. The predicted molar refractivity (Wildman–Crippen MR) is 75.3 cm³/mol. The van der Waals surface area contributed by atoms with E-state index in [4.69, 9.17) is 16.3 Å². The Bertz CT molecular complexity index is 685. The molecule has 0 bridgehead atoms. The molecule has 1 N–H and O–H groups in total. The standard InChI is InChI=1S/C15H12ClNO/c1-18-13-5-2-10(3-6-13)15-9-11-8-12(16)4-7-14(11)17-15/h2-9,17H,1H3. The van der Waals surface area contributed by atoms with Crippen molar-refractivity contribution in [1.82, 2.24) is 4.98 Å². The molecule has 0 unspecified atom stereocenters. The van der Waals surface area contributed by atoms with Crippen LogP contribution in [0.25, 0.3) is 22.2 Å². The summed E-state index contributed by atoms with van der Waals surface area (Å²) in [7, 11) is 1.67. The molecule has 0 spiro atoms. The fourth-order valence-corrected chi connectivity index (χ4v) is 2.21. The van der Waals surface area contributed by atoms with Gasteiger partial charge in [0.25, 0.3) is 0 Å². The molecule has 1 heterocycles. The van der Waals surface area contributed by atoms with Crippen LogP contribution in [0.1, 0.15) is 0 Å². The van der Waals surface area contributed by atoms with Crippen LogP contribution in [0.15, 0.2) is 48.5 Å². The Morgan fingerprint density at radius 1 is 1.00 bits per heavy atom. The number of fused-ring (bicyclic) bond motifs is 1. The third kappa shape index (κ3) is 1.95. The number of ether oxygens (including phenoxy) is 1. The van der Waals surface area contributed by atoms with Crippen LogP contribution in [0.2, 0.25) is 5.02 Å². The number of H-pyrrole nitrogens is 1. The molecular weight excluding hydrogens is 246 g/mol. The zero-order chi connectivity index (χ0) is 12.5. The van der Waals surface area contributed by atoms with Crippen LogP contribution >= 0.6 is 11.6 Å². The van der Waals surface area contributed by atoms with Gasteiger partial charge in [-0.15, -0.1) is 0 Å². The third-order valence-electron chi connectivity index (χ3n) is 2.98. The molecule has 18 heavy (non-hydrogen) atoms. The van der Waals surface area contributed by atoms with Crippen molar-refractivity contribution >= 4 is 22.5 Å². The summed E-state index contributed by atoms with van der Waals surface area (Å²) in [6.07, 6.45) is 0. The Morgan fingerprint density at radius 3 is 2.50 bits per heavy atom. The third-order valence-corrected chi connectivity index (χ3v) is 3.22. The number of rotatable bonds is 2. The first-order valence-corrected chi connectivity index (χ1v) is 6.07. The minimum atomic E-state index is 0.753. The van der Waals surface area contributed by atoms with Crippen molar-refractivity contribution < 1.29 is 4.74 Å². The van der Waals surface area contributed by atoms with Crippen molar-refractivity contribution in [3.63, 3.8) is 0 Å². The summed E-state index contributed by atoms with van der Waals surface area (Å²) < 4.78 is 5.15. The Labute approximate surface area is 110 Å². The van der Waals surface area contributed by atoms with Gasteiger partial charge in [-0.2, -0.15) is 0 Å². The molecule has 0 amide bonds.